The van der Waals surface area contributed by atoms with Crippen LogP contribution < -0.4 is 0 Å². The van der Waals surface area contributed by atoms with Gasteiger partial charge in [-0.1, -0.05) is 43.9 Å². The van der Waals surface area contributed by atoms with Crippen molar-refractivity contribution in [1.82, 2.24) is 0 Å². The Morgan fingerprint density at radius 3 is 2.76 bits per heavy atom. The van der Waals surface area contributed by atoms with Crippen molar-refractivity contribution < 1.29 is 15.0 Å². The van der Waals surface area contributed by atoms with Crippen molar-refractivity contribution in [1.29, 1.82) is 0 Å². The Balaban J connectivity index is 1.83. The van der Waals surface area contributed by atoms with Crippen LogP contribution in [0.25, 0.3) is 0 Å². The fourth-order valence-electron chi connectivity index (χ4n) is 3.60. The molecule has 0 radical (unpaired) electrons. The van der Waals surface area contributed by atoms with Gasteiger partial charge >= 0.3 is 5.97 Å². The minimum atomic E-state index is -1.14. The zero-order valence-electron chi connectivity index (χ0n) is 14.6. The number of hydrogen-bond donors (Lipinski definition) is 2. The van der Waals surface area contributed by atoms with E-state index in [-0.39, 0.29) is 16.7 Å². The van der Waals surface area contributed by atoms with Crippen molar-refractivity contribution in [2.24, 2.45) is 0 Å². The van der Waals surface area contributed by atoms with E-state index in [0.717, 1.165) is 6.42 Å². The number of carbonyl (C=O) groups is 1. The van der Waals surface area contributed by atoms with E-state index in [1.54, 1.807) is 6.07 Å². The molecule has 1 aliphatic carbocycles. The Hall–Kier alpha value is -2.73. The predicted octanol–water partition coefficient (Wildman–Crippen LogP) is 4.30. The van der Waals surface area contributed by atoms with Gasteiger partial charge in [0, 0.05) is 12.0 Å². The van der Waals surface area contributed by atoms with Gasteiger partial charge in [-0.2, -0.15) is 0 Å². The molecule has 0 bridgehead atoms. The van der Waals surface area contributed by atoms with E-state index >= 15 is 0 Å². The Bertz CT molecular complexity index is 882. The average molecular weight is 334 g/mol. The third-order valence-corrected chi connectivity index (χ3v) is 4.97. The Morgan fingerprint density at radius 2 is 2.04 bits per heavy atom. The van der Waals surface area contributed by atoms with Crippen molar-refractivity contribution in [3.05, 3.63) is 64.2 Å². The molecule has 3 rings (SSSR count). The molecular weight excluding hydrogens is 312 g/mol. The van der Waals surface area contributed by atoms with Crippen molar-refractivity contribution in [2.45, 2.75) is 44.9 Å². The molecule has 0 atom stereocenters. The van der Waals surface area contributed by atoms with Gasteiger partial charge in [0.1, 0.15) is 11.3 Å². The van der Waals surface area contributed by atoms with Crippen LogP contribution in [-0.4, -0.2) is 16.2 Å². The third-order valence-electron chi connectivity index (χ3n) is 4.97. The maximum Gasteiger partial charge on any atom is 0.339 e. The second kappa shape index (κ2) is 6.64. The Labute approximate surface area is 148 Å². The van der Waals surface area contributed by atoms with Gasteiger partial charge in [-0.15, -0.1) is 0 Å². The molecular formula is C22H22O3. The van der Waals surface area contributed by atoms with Gasteiger partial charge in [0.2, 0.25) is 0 Å². The first-order valence-corrected chi connectivity index (χ1v) is 8.55. The number of carboxylic acids is 1. The molecule has 0 aliphatic heterocycles. The summed E-state index contributed by atoms with van der Waals surface area (Å²) in [6.07, 6.45) is 4.17. The number of rotatable bonds is 2. The lowest BCUT2D eigenvalue weighted by Crippen LogP contribution is -2.24. The molecule has 2 N–H and O–H groups in total. The number of benzene rings is 2. The van der Waals surface area contributed by atoms with E-state index in [9.17, 15) is 9.90 Å². The van der Waals surface area contributed by atoms with Gasteiger partial charge < -0.3 is 10.2 Å². The zero-order valence-corrected chi connectivity index (χ0v) is 14.6. The molecule has 25 heavy (non-hydrogen) atoms. The fourth-order valence-corrected chi connectivity index (χ4v) is 3.60. The molecule has 0 spiro atoms. The Kier molecular flexibility index (Phi) is 4.55. The molecule has 0 saturated carbocycles. The van der Waals surface area contributed by atoms with E-state index in [4.69, 9.17) is 5.11 Å². The van der Waals surface area contributed by atoms with E-state index < -0.39 is 5.97 Å². The van der Waals surface area contributed by atoms with Crippen LogP contribution in [0.4, 0.5) is 0 Å². The van der Waals surface area contributed by atoms with Crippen molar-refractivity contribution >= 4 is 5.97 Å². The highest BCUT2D eigenvalue weighted by Crippen LogP contribution is 2.38. The predicted molar refractivity (Wildman–Crippen MR) is 98.1 cm³/mol. The molecule has 0 aromatic heterocycles. The number of fused-ring (bicyclic) bond motifs is 1. The van der Waals surface area contributed by atoms with Gasteiger partial charge in [0.15, 0.2) is 0 Å². The monoisotopic (exact) mass is 334 g/mol. The number of hydrogen-bond acceptors (Lipinski definition) is 2. The molecule has 0 saturated heterocycles. The second-order valence-electron chi connectivity index (χ2n) is 7.20. The first-order valence-electron chi connectivity index (χ1n) is 8.55. The van der Waals surface area contributed by atoms with E-state index in [1.165, 1.54) is 41.7 Å². The van der Waals surface area contributed by atoms with Gasteiger partial charge in [-0.05, 0) is 59.6 Å². The maximum absolute atomic E-state index is 10.9. The van der Waals surface area contributed by atoms with Crippen LogP contribution in [0.5, 0.6) is 5.75 Å². The summed E-state index contributed by atoms with van der Waals surface area (Å²) >= 11 is 0. The average Bonchev–Trinajstić information content (AvgIpc) is 2.55. The van der Waals surface area contributed by atoms with Gasteiger partial charge in [0.25, 0.3) is 0 Å². The zero-order chi connectivity index (χ0) is 18.0. The van der Waals surface area contributed by atoms with Crippen LogP contribution in [0.1, 0.15) is 59.3 Å². The molecule has 2 aromatic rings. The normalized spacial score (nSPS) is 15.0. The van der Waals surface area contributed by atoms with Crippen molar-refractivity contribution in [3.8, 4) is 17.6 Å². The lowest BCUT2D eigenvalue weighted by Gasteiger charge is -2.33. The van der Waals surface area contributed by atoms with Crippen LogP contribution in [0, 0.1) is 11.8 Å². The molecule has 1 aliphatic rings. The maximum atomic E-state index is 10.9. The molecule has 0 fully saturated rings. The van der Waals surface area contributed by atoms with Crippen molar-refractivity contribution in [3.63, 3.8) is 0 Å². The summed E-state index contributed by atoms with van der Waals surface area (Å²) in [6, 6.07) is 10.9. The summed E-state index contributed by atoms with van der Waals surface area (Å²) in [5, 5.41) is 18.7. The topological polar surface area (TPSA) is 57.5 Å². The first-order chi connectivity index (χ1) is 11.9. The van der Waals surface area contributed by atoms with Crippen molar-refractivity contribution in [2.75, 3.05) is 0 Å². The van der Waals surface area contributed by atoms with Crippen LogP contribution in [-0.2, 0) is 18.3 Å². The third kappa shape index (κ3) is 3.53. The number of phenols is 1. The molecule has 3 heteroatoms. The van der Waals surface area contributed by atoms with Gasteiger partial charge in [-0.25, -0.2) is 4.79 Å². The summed E-state index contributed by atoms with van der Waals surface area (Å²) in [7, 11) is 0. The molecule has 2 aromatic carbocycles. The molecule has 0 unspecified atom stereocenters. The first kappa shape index (κ1) is 17.1. The molecule has 3 nitrogen and oxygen atoms in total. The van der Waals surface area contributed by atoms with Crippen LogP contribution in [0.3, 0.4) is 0 Å². The van der Waals surface area contributed by atoms with Gasteiger partial charge in [-0.3, -0.25) is 0 Å². The minimum Gasteiger partial charge on any atom is -0.507 e. The summed E-state index contributed by atoms with van der Waals surface area (Å²) in [4.78, 5) is 10.9. The lowest BCUT2D eigenvalue weighted by molar-refractivity contribution is 0.0693. The van der Waals surface area contributed by atoms with Crippen LogP contribution in [0.15, 0.2) is 36.4 Å². The largest absolute Gasteiger partial charge is 0.507 e. The fraction of sp³-hybridized carbons (Fsp3) is 0.318. The minimum absolute atomic E-state index is 0.107. The molecule has 0 amide bonds. The highest BCUT2D eigenvalue weighted by atomic mass is 16.4. The second-order valence-corrected chi connectivity index (χ2v) is 7.20. The standard InChI is InChI=1S/C22H22O3/c1-22(2)13-5-9-17-16(8-4-10-19(17)22)7-3-6-15-11-12-18(21(24)25)20(23)14-15/h4,8,10-12,14,23H,5,7,9,13H2,1-2H3,(H,24,25). The lowest BCUT2D eigenvalue weighted by atomic mass is 9.71. The van der Waals surface area contributed by atoms with Gasteiger partial charge in [0.05, 0.1) is 0 Å². The quantitative estimate of drug-likeness (QED) is 0.805. The SMILES string of the molecule is CC1(C)CCCc2c(CC#Cc3ccc(C(=O)O)c(O)c3)cccc21. The van der Waals surface area contributed by atoms with E-state index in [2.05, 4.69) is 43.9 Å². The summed E-state index contributed by atoms with van der Waals surface area (Å²) in [6.45, 7) is 4.60. The molecule has 128 valence electrons. The smallest absolute Gasteiger partial charge is 0.339 e. The van der Waals surface area contributed by atoms with Crippen LogP contribution >= 0.6 is 0 Å². The summed E-state index contributed by atoms with van der Waals surface area (Å²) < 4.78 is 0. The number of aromatic carboxylic acids is 1. The molecule has 0 heterocycles. The van der Waals surface area contributed by atoms with Crippen LogP contribution in [0.2, 0.25) is 0 Å². The number of carboxylic acid groups (broad SMARTS) is 1. The number of aromatic hydroxyl groups is 1. The Morgan fingerprint density at radius 1 is 1.24 bits per heavy atom. The highest BCUT2D eigenvalue weighted by Gasteiger charge is 2.28. The summed E-state index contributed by atoms with van der Waals surface area (Å²) in [5.41, 5.74) is 4.86. The highest BCUT2D eigenvalue weighted by molar-refractivity contribution is 5.90. The van der Waals surface area contributed by atoms with E-state index in [0.29, 0.717) is 12.0 Å². The summed E-state index contributed by atoms with van der Waals surface area (Å²) in [5.74, 6) is 4.79. The van der Waals surface area contributed by atoms with E-state index in [1.807, 2.05) is 0 Å².